The molecule has 0 aliphatic heterocycles. The van der Waals surface area contributed by atoms with Crippen LogP contribution in [0.4, 0.5) is 0 Å². The summed E-state index contributed by atoms with van der Waals surface area (Å²) < 4.78 is 5.21. The van der Waals surface area contributed by atoms with Crippen molar-refractivity contribution in [3.05, 3.63) is 53.1 Å². The van der Waals surface area contributed by atoms with Gasteiger partial charge >= 0.3 is 0 Å². The summed E-state index contributed by atoms with van der Waals surface area (Å²) in [6, 6.07) is 5.38. The molecule has 2 aromatic rings. The number of carbonyl (C=O) groups is 1. The normalized spacial score (nSPS) is 11.2. The van der Waals surface area contributed by atoms with E-state index in [1.54, 1.807) is 31.8 Å². The first kappa shape index (κ1) is 16.9. The first-order chi connectivity index (χ1) is 10.8. The van der Waals surface area contributed by atoms with Gasteiger partial charge in [0.1, 0.15) is 12.1 Å². The highest BCUT2D eigenvalue weighted by Crippen LogP contribution is 2.23. The molecule has 1 aromatic carbocycles. The smallest absolute Gasteiger partial charge is 0.251 e. The first-order valence-corrected chi connectivity index (χ1v) is 7.55. The van der Waals surface area contributed by atoms with Gasteiger partial charge < -0.3 is 10.1 Å². The maximum Gasteiger partial charge on any atom is 0.251 e. The molecule has 0 aliphatic carbocycles. The molecule has 1 amide bonds. The number of aromatic nitrogens is 2. The van der Waals surface area contributed by atoms with Crippen LogP contribution in [-0.2, 0) is 12.0 Å². The first-order valence-electron chi connectivity index (χ1n) is 7.55. The van der Waals surface area contributed by atoms with Crippen molar-refractivity contribution in [2.75, 3.05) is 7.11 Å². The molecular formula is C18H23N3O2. The second-order valence-corrected chi connectivity index (χ2v) is 6.51. The highest BCUT2D eigenvalue weighted by molar-refractivity contribution is 5.94. The highest BCUT2D eigenvalue weighted by atomic mass is 16.5. The number of ether oxygens (including phenoxy) is 1. The van der Waals surface area contributed by atoms with Gasteiger partial charge in [-0.15, -0.1) is 0 Å². The van der Waals surface area contributed by atoms with Gasteiger partial charge in [0.05, 0.1) is 12.8 Å². The van der Waals surface area contributed by atoms with E-state index in [1.807, 2.05) is 13.0 Å². The molecule has 23 heavy (non-hydrogen) atoms. The number of nitrogens with zero attached hydrogens (tertiary/aromatic N) is 2. The van der Waals surface area contributed by atoms with Crippen molar-refractivity contribution in [2.45, 2.75) is 39.7 Å². The van der Waals surface area contributed by atoms with E-state index in [0.717, 1.165) is 22.6 Å². The summed E-state index contributed by atoms with van der Waals surface area (Å²) in [6.07, 6.45) is 3.30. The quantitative estimate of drug-likeness (QED) is 0.942. The zero-order chi connectivity index (χ0) is 17.0. The largest absolute Gasteiger partial charge is 0.496 e. The van der Waals surface area contributed by atoms with Gasteiger partial charge in [-0.25, -0.2) is 9.97 Å². The molecule has 0 unspecified atom stereocenters. The van der Waals surface area contributed by atoms with Gasteiger partial charge in [0.2, 0.25) is 0 Å². The molecule has 5 heteroatoms. The number of hydrogen-bond donors (Lipinski definition) is 1. The van der Waals surface area contributed by atoms with Gasteiger partial charge in [0, 0.05) is 29.3 Å². The molecule has 0 radical (unpaired) electrons. The van der Waals surface area contributed by atoms with Crippen LogP contribution in [0.1, 0.15) is 48.0 Å². The standard InChI is InChI=1S/C18H23N3O2/c1-12-8-13(6-7-15(12)23-5)17(22)20-10-14-9-19-11-21-16(14)18(2,3)4/h6-9,11H,10H2,1-5H3,(H,20,22). The van der Waals surface area contributed by atoms with Crippen molar-refractivity contribution in [3.63, 3.8) is 0 Å². The minimum Gasteiger partial charge on any atom is -0.496 e. The fraction of sp³-hybridized carbons (Fsp3) is 0.389. The predicted molar refractivity (Wildman–Crippen MR) is 89.6 cm³/mol. The molecule has 0 atom stereocenters. The van der Waals surface area contributed by atoms with Crippen LogP contribution in [0.3, 0.4) is 0 Å². The van der Waals surface area contributed by atoms with E-state index in [2.05, 4.69) is 36.1 Å². The lowest BCUT2D eigenvalue weighted by Gasteiger charge is -2.21. The monoisotopic (exact) mass is 313 g/mol. The topological polar surface area (TPSA) is 64.1 Å². The van der Waals surface area contributed by atoms with E-state index >= 15 is 0 Å². The molecule has 1 aromatic heterocycles. The predicted octanol–water partition coefficient (Wildman–Crippen LogP) is 3.02. The maximum atomic E-state index is 12.3. The molecule has 0 saturated heterocycles. The number of hydrogen-bond acceptors (Lipinski definition) is 4. The molecular weight excluding hydrogens is 290 g/mol. The lowest BCUT2D eigenvalue weighted by Crippen LogP contribution is -2.26. The zero-order valence-corrected chi connectivity index (χ0v) is 14.3. The van der Waals surface area contributed by atoms with Crippen molar-refractivity contribution in [1.82, 2.24) is 15.3 Å². The number of aryl methyl sites for hydroxylation is 1. The van der Waals surface area contributed by atoms with Crippen molar-refractivity contribution >= 4 is 5.91 Å². The highest BCUT2D eigenvalue weighted by Gasteiger charge is 2.20. The summed E-state index contributed by atoms with van der Waals surface area (Å²) in [5.41, 5.74) is 3.31. The van der Waals surface area contributed by atoms with E-state index in [4.69, 9.17) is 4.74 Å². The van der Waals surface area contributed by atoms with Crippen LogP contribution in [0.5, 0.6) is 5.75 Å². The summed E-state index contributed by atoms with van der Waals surface area (Å²) in [6.45, 7) is 8.59. The van der Waals surface area contributed by atoms with E-state index in [0.29, 0.717) is 12.1 Å². The van der Waals surface area contributed by atoms with Gasteiger partial charge in [-0.2, -0.15) is 0 Å². The third-order valence-corrected chi connectivity index (χ3v) is 3.59. The van der Waals surface area contributed by atoms with E-state index in [-0.39, 0.29) is 11.3 Å². The fourth-order valence-corrected chi connectivity index (χ4v) is 2.46. The molecule has 0 bridgehead atoms. The average Bonchev–Trinajstić information content (AvgIpc) is 2.52. The summed E-state index contributed by atoms with van der Waals surface area (Å²) >= 11 is 0. The van der Waals surface area contributed by atoms with Gasteiger partial charge in [0.25, 0.3) is 5.91 Å². The third-order valence-electron chi connectivity index (χ3n) is 3.59. The van der Waals surface area contributed by atoms with Crippen molar-refractivity contribution in [3.8, 4) is 5.75 Å². The van der Waals surface area contributed by atoms with Gasteiger partial charge in [-0.05, 0) is 30.7 Å². The Balaban J connectivity index is 2.13. The number of rotatable bonds is 4. The third kappa shape index (κ3) is 4.06. The Labute approximate surface area is 137 Å². The Morgan fingerprint density at radius 1 is 1.30 bits per heavy atom. The lowest BCUT2D eigenvalue weighted by molar-refractivity contribution is 0.0950. The minimum absolute atomic E-state index is 0.0975. The summed E-state index contributed by atoms with van der Waals surface area (Å²) in [4.78, 5) is 20.8. The Hall–Kier alpha value is -2.43. The molecule has 2 rings (SSSR count). The molecule has 0 aliphatic rings. The van der Waals surface area contributed by atoms with Crippen molar-refractivity contribution in [1.29, 1.82) is 0 Å². The van der Waals surface area contributed by atoms with E-state index < -0.39 is 0 Å². The summed E-state index contributed by atoms with van der Waals surface area (Å²) in [5.74, 6) is 0.646. The summed E-state index contributed by atoms with van der Waals surface area (Å²) in [5, 5.41) is 2.93. The van der Waals surface area contributed by atoms with Gasteiger partial charge in [0.15, 0.2) is 0 Å². The van der Waals surface area contributed by atoms with Crippen molar-refractivity contribution in [2.24, 2.45) is 0 Å². The molecule has 0 saturated carbocycles. The Kier molecular flexibility index (Phi) is 4.98. The Bertz CT molecular complexity index is 706. The lowest BCUT2D eigenvalue weighted by atomic mass is 9.89. The minimum atomic E-state index is -0.125. The number of nitrogens with one attached hydrogen (secondary N) is 1. The molecule has 0 fully saturated rings. The number of benzene rings is 1. The number of carbonyl (C=O) groups excluding carboxylic acids is 1. The second kappa shape index (κ2) is 6.77. The second-order valence-electron chi connectivity index (χ2n) is 6.51. The van der Waals surface area contributed by atoms with Crippen LogP contribution in [0.2, 0.25) is 0 Å². The van der Waals surface area contributed by atoms with Gasteiger partial charge in [-0.3, -0.25) is 4.79 Å². The molecule has 0 spiro atoms. The SMILES string of the molecule is COc1ccc(C(=O)NCc2cncnc2C(C)(C)C)cc1C. The maximum absolute atomic E-state index is 12.3. The van der Waals surface area contributed by atoms with Crippen LogP contribution in [-0.4, -0.2) is 23.0 Å². The zero-order valence-electron chi connectivity index (χ0n) is 14.3. The van der Waals surface area contributed by atoms with Crippen LogP contribution in [0.25, 0.3) is 0 Å². The van der Waals surface area contributed by atoms with Gasteiger partial charge in [-0.1, -0.05) is 20.8 Å². The number of amides is 1. The fourth-order valence-electron chi connectivity index (χ4n) is 2.46. The van der Waals surface area contributed by atoms with Crippen LogP contribution in [0.15, 0.2) is 30.7 Å². The van der Waals surface area contributed by atoms with Crippen molar-refractivity contribution < 1.29 is 9.53 Å². The Morgan fingerprint density at radius 2 is 2.04 bits per heavy atom. The molecule has 122 valence electrons. The summed E-state index contributed by atoms with van der Waals surface area (Å²) in [7, 11) is 1.62. The number of methoxy groups -OCH3 is 1. The van der Waals surface area contributed by atoms with E-state index in [9.17, 15) is 4.79 Å². The molecule has 5 nitrogen and oxygen atoms in total. The van der Waals surface area contributed by atoms with Crippen LogP contribution < -0.4 is 10.1 Å². The molecule has 1 N–H and O–H groups in total. The molecule has 1 heterocycles. The Morgan fingerprint density at radius 3 is 2.65 bits per heavy atom. The van der Waals surface area contributed by atoms with Crippen LogP contribution in [0, 0.1) is 6.92 Å². The van der Waals surface area contributed by atoms with Crippen LogP contribution >= 0.6 is 0 Å². The average molecular weight is 313 g/mol. The van der Waals surface area contributed by atoms with E-state index in [1.165, 1.54) is 0 Å².